The average molecular weight is 431 g/mol. The number of nitrogens with one attached hydrogen (secondary N) is 2. The van der Waals surface area contributed by atoms with Crippen molar-refractivity contribution in [1.29, 1.82) is 0 Å². The van der Waals surface area contributed by atoms with Crippen molar-refractivity contribution < 1.29 is 4.79 Å². The normalized spacial score (nSPS) is 20.3. The van der Waals surface area contributed by atoms with Gasteiger partial charge in [-0.15, -0.1) is 0 Å². The fourth-order valence-corrected chi connectivity index (χ4v) is 4.93. The van der Waals surface area contributed by atoms with Crippen molar-refractivity contribution >= 4 is 11.7 Å². The third-order valence-electron chi connectivity index (χ3n) is 7.33. The number of carbonyl (C=O) groups excluding carboxylic acids is 1. The molecule has 2 atom stereocenters. The molecule has 0 fully saturated rings. The van der Waals surface area contributed by atoms with Crippen LogP contribution in [0.4, 0.5) is 5.82 Å². The van der Waals surface area contributed by atoms with E-state index in [1.807, 2.05) is 28.9 Å². The first kappa shape index (κ1) is 22.1. The van der Waals surface area contributed by atoms with Crippen molar-refractivity contribution in [2.45, 2.75) is 70.5 Å². The number of hydrogen-bond acceptors (Lipinski definition) is 3. The minimum absolute atomic E-state index is 0.0848. The van der Waals surface area contributed by atoms with E-state index >= 15 is 0 Å². The van der Waals surface area contributed by atoms with Crippen LogP contribution in [-0.2, 0) is 11.1 Å². The van der Waals surface area contributed by atoms with Crippen molar-refractivity contribution in [3.63, 3.8) is 0 Å². The lowest BCUT2D eigenvalue weighted by Gasteiger charge is -2.40. The van der Waals surface area contributed by atoms with Gasteiger partial charge in [0.25, 0.3) is 5.91 Å². The zero-order chi connectivity index (χ0) is 22.8. The van der Waals surface area contributed by atoms with Crippen LogP contribution in [-0.4, -0.2) is 15.7 Å². The van der Waals surface area contributed by atoms with E-state index in [0.717, 1.165) is 37.1 Å². The molecule has 1 amide bonds. The van der Waals surface area contributed by atoms with E-state index in [2.05, 4.69) is 79.8 Å². The summed E-state index contributed by atoms with van der Waals surface area (Å²) in [5.74, 6) is 0.722. The van der Waals surface area contributed by atoms with Gasteiger partial charge < -0.3 is 10.6 Å². The monoisotopic (exact) mass is 430 g/mol. The molecule has 5 nitrogen and oxygen atoms in total. The zero-order valence-electron chi connectivity index (χ0n) is 19.6. The lowest BCUT2D eigenvalue weighted by Crippen LogP contribution is -2.45. The van der Waals surface area contributed by atoms with E-state index in [1.165, 1.54) is 5.56 Å². The van der Waals surface area contributed by atoms with Crippen LogP contribution in [0.5, 0.6) is 0 Å². The predicted molar refractivity (Wildman–Crippen MR) is 130 cm³/mol. The Hall–Kier alpha value is -3.08. The molecule has 2 aromatic carbocycles. The summed E-state index contributed by atoms with van der Waals surface area (Å²) in [5.41, 5.74) is 2.40. The first-order chi connectivity index (χ1) is 15.5. The molecule has 0 saturated carbocycles. The molecule has 168 valence electrons. The van der Waals surface area contributed by atoms with Crippen LogP contribution >= 0.6 is 0 Å². The van der Waals surface area contributed by atoms with Gasteiger partial charge in [-0.05, 0) is 43.7 Å². The van der Waals surface area contributed by atoms with Crippen molar-refractivity contribution in [2.75, 3.05) is 5.32 Å². The van der Waals surface area contributed by atoms with Gasteiger partial charge >= 0.3 is 0 Å². The van der Waals surface area contributed by atoms with Crippen LogP contribution in [0.2, 0.25) is 0 Å². The zero-order valence-corrected chi connectivity index (χ0v) is 19.6. The van der Waals surface area contributed by atoms with Crippen LogP contribution in [0.15, 0.2) is 66.9 Å². The van der Waals surface area contributed by atoms with Crippen LogP contribution in [0.3, 0.4) is 0 Å². The third kappa shape index (κ3) is 3.81. The molecule has 1 aliphatic rings. The fraction of sp³-hybridized carbons (Fsp3) is 0.407. The predicted octanol–water partition coefficient (Wildman–Crippen LogP) is 6.01. The van der Waals surface area contributed by atoms with E-state index in [0.29, 0.717) is 5.56 Å². The number of nitrogens with zero attached hydrogens (tertiary/aromatic N) is 2. The lowest BCUT2D eigenvalue weighted by atomic mass is 9.84. The van der Waals surface area contributed by atoms with Crippen molar-refractivity contribution in [2.24, 2.45) is 0 Å². The van der Waals surface area contributed by atoms with Gasteiger partial charge in [0, 0.05) is 0 Å². The lowest BCUT2D eigenvalue weighted by molar-refractivity contribution is 0.0889. The van der Waals surface area contributed by atoms with Crippen molar-refractivity contribution in [3.8, 4) is 0 Å². The standard InChI is InChI=1S/C27H34N4O/c1-5-26(4)18-23(20-14-10-8-11-15-20)29-24-22(19-28-31(24)26)25(32)30-27(6-2,7-3)21-16-12-9-13-17-21/h8-17,19,23,29H,5-7,18H2,1-4H3,(H,30,32). The van der Waals surface area contributed by atoms with Gasteiger partial charge in [0.1, 0.15) is 11.4 Å². The summed E-state index contributed by atoms with van der Waals surface area (Å²) in [4.78, 5) is 13.6. The third-order valence-corrected chi connectivity index (χ3v) is 7.33. The van der Waals surface area contributed by atoms with E-state index in [4.69, 9.17) is 0 Å². The molecule has 1 aliphatic heterocycles. The molecule has 4 rings (SSSR count). The molecule has 0 radical (unpaired) electrons. The molecular weight excluding hydrogens is 396 g/mol. The average Bonchev–Trinajstić information content (AvgIpc) is 3.29. The first-order valence-electron chi connectivity index (χ1n) is 11.7. The number of hydrogen-bond donors (Lipinski definition) is 2. The van der Waals surface area contributed by atoms with Crippen molar-refractivity contribution in [3.05, 3.63) is 83.6 Å². The van der Waals surface area contributed by atoms with Crippen LogP contribution in [0.25, 0.3) is 0 Å². The number of carbonyl (C=O) groups is 1. The van der Waals surface area contributed by atoms with Crippen molar-refractivity contribution in [1.82, 2.24) is 15.1 Å². The molecular formula is C27H34N4O. The maximum atomic E-state index is 13.6. The molecule has 0 saturated heterocycles. The number of rotatable bonds is 7. The van der Waals surface area contributed by atoms with Gasteiger partial charge in [0.15, 0.2) is 0 Å². The van der Waals surface area contributed by atoms with E-state index < -0.39 is 5.54 Å². The van der Waals surface area contributed by atoms with Gasteiger partial charge in [-0.3, -0.25) is 4.79 Å². The summed E-state index contributed by atoms with van der Waals surface area (Å²) in [6.07, 6.45) is 5.21. The minimum Gasteiger partial charge on any atom is -0.363 e. The van der Waals surface area contributed by atoms with Crippen LogP contribution in [0, 0.1) is 0 Å². The van der Waals surface area contributed by atoms with Gasteiger partial charge in [-0.2, -0.15) is 5.10 Å². The van der Waals surface area contributed by atoms with E-state index in [9.17, 15) is 4.79 Å². The molecule has 0 spiro atoms. The number of anilines is 1. The molecule has 2 heterocycles. The highest BCUT2D eigenvalue weighted by Gasteiger charge is 2.39. The molecule has 2 N–H and O–H groups in total. The molecule has 32 heavy (non-hydrogen) atoms. The maximum Gasteiger partial charge on any atom is 0.257 e. The molecule has 0 bridgehead atoms. The first-order valence-corrected chi connectivity index (χ1v) is 11.7. The molecule has 2 unspecified atom stereocenters. The summed E-state index contributed by atoms with van der Waals surface area (Å²) < 4.78 is 2.02. The maximum absolute atomic E-state index is 13.6. The summed E-state index contributed by atoms with van der Waals surface area (Å²) in [7, 11) is 0. The minimum atomic E-state index is -0.408. The van der Waals surface area contributed by atoms with Crippen LogP contribution in [0.1, 0.15) is 80.9 Å². The van der Waals surface area contributed by atoms with Gasteiger partial charge in [-0.1, -0.05) is 81.4 Å². The van der Waals surface area contributed by atoms with E-state index in [-0.39, 0.29) is 17.5 Å². The fourth-order valence-electron chi connectivity index (χ4n) is 4.93. The number of aromatic nitrogens is 2. The number of benzene rings is 2. The summed E-state index contributed by atoms with van der Waals surface area (Å²) in [6, 6.07) is 20.9. The summed E-state index contributed by atoms with van der Waals surface area (Å²) in [6.45, 7) is 8.67. The highest BCUT2D eigenvalue weighted by atomic mass is 16.1. The Bertz CT molecular complexity index is 1060. The molecule has 1 aromatic heterocycles. The molecule has 3 aromatic rings. The largest absolute Gasteiger partial charge is 0.363 e. The Morgan fingerprint density at radius 2 is 1.72 bits per heavy atom. The molecule has 5 heteroatoms. The van der Waals surface area contributed by atoms with E-state index in [1.54, 1.807) is 6.20 Å². The smallest absolute Gasteiger partial charge is 0.257 e. The second-order valence-electron chi connectivity index (χ2n) is 9.09. The Morgan fingerprint density at radius 3 is 2.31 bits per heavy atom. The van der Waals surface area contributed by atoms with Gasteiger partial charge in [-0.25, -0.2) is 4.68 Å². The second-order valence-corrected chi connectivity index (χ2v) is 9.09. The van der Waals surface area contributed by atoms with Crippen LogP contribution < -0.4 is 10.6 Å². The quantitative estimate of drug-likeness (QED) is 0.482. The second kappa shape index (κ2) is 8.81. The number of amides is 1. The Morgan fingerprint density at radius 1 is 1.09 bits per heavy atom. The Balaban J connectivity index is 1.70. The summed E-state index contributed by atoms with van der Waals surface area (Å²) in [5, 5.41) is 11.7. The van der Waals surface area contributed by atoms with Gasteiger partial charge in [0.05, 0.1) is 23.3 Å². The highest BCUT2D eigenvalue weighted by molar-refractivity contribution is 5.99. The molecule has 0 aliphatic carbocycles. The SMILES string of the molecule is CCC(CC)(NC(=O)c1cnn2c1NC(c1ccccc1)CC2(C)CC)c1ccccc1. The number of fused-ring (bicyclic) bond motifs is 1. The highest BCUT2D eigenvalue weighted by Crippen LogP contribution is 2.42. The topological polar surface area (TPSA) is 59.0 Å². The summed E-state index contributed by atoms with van der Waals surface area (Å²) >= 11 is 0. The Kier molecular flexibility index (Phi) is 6.09. The van der Waals surface area contributed by atoms with Gasteiger partial charge in [0.2, 0.25) is 0 Å². The Labute approximate surface area is 191 Å².